The number of rotatable bonds is 3. The molecule has 0 aliphatic rings. The Hall–Kier alpha value is -0.930. The second kappa shape index (κ2) is 5.24. The minimum absolute atomic E-state index is 0.0347. The summed E-state index contributed by atoms with van der Waals surface area (Å²) in [7, 11) is 0. The molecule has 1 nitrogen and oxygen atoms in total. The van der Waals surface area contributed by atoms with Gasteiger partial charge in [-0.05, 0) is 29.8 Å². The lowest BCUT2D eigenvalue weighted by molar-refractivity contribution is -0.112. The third-order valence-electron chi connectivity index (χ3n) is 1.62. The summed E-state index contributed by atoms with van der Waals surface area (Å²) in [4.78, 5) is 10.8. The van der Waals surface area contributed by atoms with E-state index in [1.807, 2.05) is 0 Å². The van der Waals surface area contributed by atoms with Crippen molar-refractivity contribution in [2.45, 2.75) is 0 Å². The molecule has 0 aliphatic heterocycles. The van der Waals surface area contributed by atoms with Crippen molar-refractivity contribution < 1.29 is 13.6 Å². The minimum atomic E-state index is -1.03. The Kier molecular flexibility index (Phi) is 4.24. The fourth-order valence-electron chi connectivity index (χ4n) is 0.893. The van der Waals surface area contributed by atoms with Crippen LogP contribution in [0, 0.1) is 11.6 Å². The Morgan fingerprint density at radius 3 is 2.53 bits per heavy atom. The van der Waals surface area contributed by atoms with Crippen LogP contribution in [0.3, 0.4) is 0 Å². The molecular weight excluding hydrogens is 245 g/mol. The first-order chi connectivity index (χ1) is 7.04. The van der Waals surface area contributed by atoms with E-state index in [2.05, 4.69) is 0 Å². The predicted octanol–water partition coefficient (Wildman–Crippen LogP) is 3.44. The number of alkyl halides is 1. The van der Waals surface area contributed by atoms with Crippen LogP contribution in [0.4, 0.5) is 8.78 Å². The van der Waals surface area contributed by atoms with E-state index >= 15 is 0 Å². The van der Waals surface area contributed by atoms with Crippen molar-refractivity contribution in [2.75, 3.05) is 5.88 Å². The Balaban J connectivity index is 3.00. The number of carbonyl (C=O) groups excluding carboxylic acids is 1. The molecule has 0 bridgehead atoms. The van der Waals surface area contributed by atoms with Crippen molar-refractivity contribution in [2.24, 2.45) is 0 Å². The van der Waals surface area contributed by atoms with Crippen molar-refractivity contribution in [3.8, 4) is 0 Å². The summed E-state index contributed by atoms with van der Waals surface area (Å²) in [5.74, 6) is -2.55. The van der Waals surface area contributed by atoms with Crippen molar-refractivity contribution >= 4 is 35.1 Å². The monoisotopic (exact) mass is 250 g/mol. The summed E-state index contributed by atoms with van der Waals surface area (Å²) in [6, 6.07) is 1.76. The second-order valence-corrected chi connectivity index (χ2v) is 3.40. The van der Waals surface area contributed by atoms with Gasteiger partial charge in [-0.1, -0.05) is 11.6 Å². The van der Waals surface area contributed by atoms with Gasteiger partial charge in [-0.15, -0.1) is 11.6 Å². The van der Waals surface area contributed by atoms with Gasteiger partial charge in [0.15, 0.2) is 17.4 Å². The van der Waals surface area contributed by atoms with Crippen LogP contribution in [0.1, 0.15) is 5.56 Å². The van der Waals surface area contributed by atoms with Gasteiger partial charge in [-0.25, -0.2) is 8.78 Å². The molecule has 1 aromatic carbocycles. The molecule has 0 saturated heterocycles. The van der Waals surface area contributed by atoms with Gasteiger partial charge in [0.2, 0.25) is 0 Å². The molecule has 0 aromatic heterocycles. The van der Waals surface area contributed by atoms with E-state index in [1.54, 1.807) is 0 Å². The smallest absolute Gasteiger partial charge is 0.170 e. The van der Waals surface area contributed by atoms with Crippen LogP contribution in [0.15, 0.2) is 18.2 Å². The summed E-state index contributed by atoms with van der Waals surface area (Å²) in [6.07, 6.45) is 2.45. The van der Waals surface area contributed by atoms with Crippen LogP contribution in [-0.4, -0.2) is 11.7 Å². The Morgan fingerprint density at radius 1 is 1.33 bits per heavy atom. The summed E-state index contributed by atoms with van der Waals surface area (Å²) in [6.45, 7) is 0. The Labute approximate surface area is 95.3 Å². The lowest BCUT2D eigenvalue weighted by atomic mass is 10.2. The van der Waals surface area contributed by atoms with E-state index in [1.165, 1.54) is 6.08 Å². The highest BCUT2D eigenvalue weighted by Gasteiger charge is 2.06. The molecule has 0 heterocycles. The van der Waals surface area contributed by atoms with E-state index < -0.39 is 11.6 Å². The maximum Gasteiger partial charge on any atom is 0.170 e. The molecule has 1 rings (SSSR count). The fraction of sp³-hybridized carbons (Fsp3) is 0.100. The highest BCUT2D eigenvalue weighted by molar-refractivity contribution is 6.32. The zero-order valence-electron chi connectivity index (χ0n) is 7.44. The van der Waals surface area contributed by atoms with Gasteiger partial charge in [0.1, 0.15) is 0 Å². The Bertz CT molecular complexity index is 416. The average Bonchev–Trinajstić information content (AvgIpc) is 2.21. The zero-order chi connectivity index (χ0) is 11.4. The molecule has 5 heteroatoms. The van der Waals surface area contributed by atoms with E-state index in [0.29, 0.717) is 0 Å². The molecular formula is C10H6Cl2F2O. The number of carbonyl (C=O) groups is 1. The topological polar surface area (TPSA) is 17.1 Å². The van der Waals surface area contributed by atoms with Gasteiger partial charge in [0.25, 0.3) is 0 Å². The standard InChI is InChI=1S/C10H6Cl2F2O/c11-5-7(15)2-1-6-3-9(13)10(14)4-8(6)12/h1-4H,5H2/b2-1+. The molecule has 0 amide bonds. The van der Waals surface area contributed by atoms with Crippen LogP contribution >= 0.6 is 23.2 Å². The van der Waals surface area contributed by atoms with Crippen molar-refractivity contribution in [3.63, 3.8) is 0 Å². The molecule has 0 saturated carbocycles. The number of hydrogen-bond donors (Lipinski definition) is 0. The molecule has 0 radical (unpaired) electrons. The molecule has 0 aliphatic carbocycles. The zero-order valence-corrected chi connectivity index (χ0v) is 8.95. The molecule has 0 fully saturated rings. The summed E-state index contributed by atoms with van der Waals surface area (Å²) in [5.41, 5.74) is 0.231. The average molecular weight is 251 g/mol. The summed E-state index contributed by atoms with van der Waals surface area (Å²) < 4.78 is 25.4. The van der Waals surface area contributed by atoms with Gasteiger partial charge in [0, 0.05) is 0 Å². The quantitative estimate of drug-likeness (QED) is 0.457. The van der Waals surface area contributed by atoms with E-state index in [9.17, 15) is 13.6 Å². The maximum absolute atomic E-state index is 12.8. The summed E-state index contributed by atoms with van der Waals surface area (Å²) in [5, 5.41) is 0.0347. The van der Waals surface area contributed by atoms with Crippen molar-refractivity contribution in [1.29, 1.82) is 0 Å². The maximum atomic E-state index is 12.8. The largest absolute Gasteiger partial charge is 0.294 e. The number of allylic oxidation sites excluding steroid dienone is 1. The highest BCUT2D eigenvalue weighted by atomic mass is 35.5. The number of hydrogen-bond acceptors (Lipinski definition) is 1. The molecule has 0 N–H and O–H groups in total. The molecule has 0 atom stereocenters. The first-order valence-corrected chi connectivity index (χ1v) is 4.87. The third-order valence-corrected chi connectivity index (χ3v) is 2.21. The van der Waals surface area contributed by atoms with Gasteiger partial charge in [-0.3, -0.25) is 4.79 Å². The van der Waals surface area contributed by atoms with Gasteiger partial charge >= 0.3 is 0 Å². The summed E-state index contributed by atoms with van der Waals surface area (Å²) >= 11 is 10.9. The number of benzene rings is 1. The lowest BCUT2D eigenvalue weighted by Crippen LogP contribution is -1.92. The van der Waals surface area contributed by atoms with E-state index in [4.69, 9.17) is 23.2 Å². The number of ketones is 1. The van der Waals surface area contributed by atoms with Crippen LogP contribution < -0.4 is 0 Å². The van der Waals surface area contributed by atoms with E-state index in [0.717, 1.165) is 18.2 Å². The van der Waals surface area contributed by atoms with Gasteiger partial charge in [-0.2, -0.15) is 0 Å². The first kappa shape index (κ1) is 12.1. The van der Waals surface area contributed by atoms with Crippen molar-refractivity contribution in [1.82, 2.24) is 0 Å². The van der Waals surface area contributed by atoms with Crippen molar-refractivity contribution in [3.05, 3.63) is 40.4 Å². The van der Waals surface area contributed by atoms with Crippen LogP contribution in [0.25, 0.3) is 6.08 Å². The molecule has 80 valence electrons. The molecule has 15 heavy (non-hydrogen) atoms. The SMILES string of the molecule is O=C(/C=C/c1cc(F)c(F)cc1Cl)CCl. The minimum Gasteiger partial charge on any atom is -0.294 e. The third kappa shape index (κ3) is 3.29. The fourth-order valence-corrected chi connectivity index (χ4v) is 1.20. The molecule has 0 spiro atoms. The Morgan fingerprint density at radius 2 is 1.93 bits per heavy atom. The second-order valence-electron chi connectivity index (χ2n) is 2.72. The van der Waals surface area contributed by atoms with Crippen LogP contribution in [-0.2, 0) is 4.79 Å². The normalized spacial score (nSPS) is 10.9. The van der Waals surface area contributed by atoms with Gasteiger partial charge in [0.05, 0.1) is 10.9 Å². The first-order valence-electron chi connectivity index (χ1n) is 3.96. The predicted molar refractivity (Wildman–Crippen MR) is 56.1 cm³/mol. The van der Waals surface area contributed by atoms with E-state index in [-0.39, 0.29) is 22.2 Å². The van der Waals surface area contributed by atoms with Gasteiger partial charge < -0.3 is 0 Å². The number of halogens is 4. The molecule has 1 aromatic rings. The van der Waals surface area contributed by atoms with Crippen LogP contribution in [0.2, 0.25) is 5.02 Å². The van der Waals surface area contributed by atoms with Crippen LogP contribution in [0.5, 0.6) is 0 Å². The highest BCUT2D eigenvalue weighted by Crippen LogP contribution is 2.21. The lowest BCUT2D eigenvalue weighted by Gasteiger charge is -1.99. The molecule has 0 unspecified atom stereocenters.